The molecule has 3 heteroatoms. The summed E-state index contributed by atoms with van der Waals surface area (Å²) < 4.78 is 0. The number of aliphatic hydroxyl groups is 1. The average molecular weight is 270 g/mol. The summed E-state index contributed by atoms with van der Waals surface area (Å²) in [5, 5.41) is 13.2. The fourth-order valence-electron chi connectivity index (χ4n) is 3.13. The van der Waals surface area contributed by atoms with Crippen molar-refractivity contribution in [3.8, 4) is 0 Å². The van der Waals surface area contributed by atoms with Gasteiger partial charge in [-0.1, -0.05) is 27.7 Å². The Hall–Kier alpha value is -0.120. The average Bonchev–Trinajstić information content (AvgIpc) is 2.25. The van der Waals surface area contributed by atoms with Crippen LogP contribution in [0, 0.1) is 11.3 Å². The molecule has 0 saturated carbocycles. The number of likely N-dealkylation sites (tertiary alicyclic amines) is 1. The molecule has 0 aromatic rings. The Bertz CT molecular complexity index is 243. The van der Waals surface area contributed by atoms with Gasteiger partial charge in [-0.25, -0.2) is 0 Å². The summed E-state index contributed by atoms with van der Waals surface area (Å²) in [5.74, 6) is 0.773. The number of piperidine rings is 1. The predicted octanol–water partition coefficient (Wildman–Crippen LogP) is 2.49. The number of rotatable bonds is 7. The minimum absolute atomic E-state index is 0.184. The Kier molecular flexibility index (Phi) is 6.78. The van der Waals surface area contributed by atoms with Crippen molar-refractivity contribution in [1.29, 1.82) is 0 Å². The first-order valence-electron chi connectivity index (χ1n) is 7.92. The summed E-state index contributed by atoms with van der Waals surface area (Å²) >= 11 is 0. The first-order chi connectivity index (χ1) is 8.78. The number of hydrogen-bond acceptors (Lipinski definition) is 3. The zero-order chi connectivity index (χ0) is 14.5. The summed E-state index contributed by atoms with van der Waals surface area (Å²) in [5.41, 5.74) is 0.184. The van der Waals surface area contributed by atoms with E-state index in [4.69, 9.17) is 0 Å². The maximum atomic E-state index is 9.51. The lowest BCUT2D eigenvalue weighted by atomic mass is 9.86. The summed E-state index contributed by atoms with van der Waals surface area (Å²) in [6.45, 7) is 15.6. The van der Waals surface area contributed by atoms with Crippen molar-refractivity contribution < 1.29 is 5.11 Å². The Morgan fingerprint density at radius 2 is 1.79 bits per heavy atom. The maximum absolute atomic E-state index is 9.51. The van der Waals surface area contributed by atoms with E-state index in [1.54, 1.807) is 0 Å². The maximum Gasteiger partial charge on any atom is 0.0517 e. The molecule has 0 aromatic carbocycles. The van der Waals surface area contributed by atoms with Crippen LogP contribution in [0.25, 0.3) is 0 Å². The second-order valence-electron chi connectivity index (χ2n) is 7.57. The molecule has 1 rings (SSSR count). The lowest BCUT2D eigenvalue weighted by Gasteiger charge is -2.35. The summed E-state index contributed by atoms with van der Waals surface area (Å²) in [7, 11) is 0. The van der Waals surface area contributed by atoms with Crippen LogP contribution in [0.5, 0.6) is 0 Å². The molecule has 1 aliphatic rings. The molecule has 0 amide bonds. The topological polar surface area (TPSA) is 35.5 Å². The van der Waals surface area contributed by atoms with Crippen LogP contribution >= 0.6 is 0 Å². The highest BCUT2D eigenvalue weighted by Gasteiger charge is 2.24. The molecule has 1 atom stereocenters. The first-order valence-corrected chi connectivity index (χ1v) is 7.92. The number of nitrogens with zero attached hydrogens (tertiary/aromatic N) is 1. The van der Waals surface area contributed by atoms with E-state index in [2.05, 4.69) is 37.9 Å². The van der Waals surface area contributed by atoms with E-state index in [0.717, 1.165) is 18.9 Å². The zero-order valence-electron chi connectivity index (χ0n) is 13.6. The lowest BCUT2D eigenvalue weighted by Crippen LogP contribution is -2.46. The van der Waals surface area contributed by atoms with Crippen molar-refractivity contribution in [1.82, 2.24) is 10.2 Å². The van der Waals surface area contributed by atoms with Gasteiger partial charge in [-0.15, -0.1) is 0 Å². The molecule has 0 aromatic heterocycles. The van der Waals surface area contributed by atoms with Crippen molar-refractivity contribution in [3.63, 3.8) is 0 Å². The zero-order valence-corrected chi connectivity index (χ0v) is 13.6. The molecule has 19 heavy (non-hydrogen) atoms. The normalized spacial score (nSPS) is 21.0. The fraction of sp³-hybridized carbons (Fsp3) is 1.00. The molecular weight excluding hydrogens is 236 g/mol. The highest BCUT2D eigenvalue weighted by Crippen LogP contribution is 2.22. The summed E-state index contributed by atoms with van der Waals surface area (Å²) in [4.78, 5) is 2.59. The van der Waals surface area contributed by atoms with Crippen molar-refractivity contribution in [3.05, 3.63) is 0 Å². The first kappa shape index (κ1) is 16.9. The van der Waals surface area contributed by atoms with E-state index in [1.807, 2.05) is 6.92 Å². The molecule has 1 fully saturated rings. The third-order valence-corrected chi connectivity index (χ3v) is 3.93. The molecule has 1 saturated heterocycles. The van der Waals surface area contributed by atoms with Gasteiger partial charge in [0.1, 0.15) is 0 Å². The third kappa shape index (κ3) is 7.28. The van der Waals surface area contributed by atoms with Crippen LogP contribution in [0.4, 0.5) is 0 Å². The van der Waals surface area contributed by atoms with Crippen molar-refractivity contribution >= 4 is 0 Å². The van der Waals surface area contributed by atoms with Crippen LogP contribution in [-0.4, -0.2) is 48.3 Å². The molecule has 0 aliphatic carbocycles. The Balaban J connectivity index is 2.22. The Morgan fingerprint density at radius 1 is 1.21 bits per heavy atom. The molecular formula is C16H34N2O. The van der Waals surface area contributed by atoms with Gasteiger partial charge in [0.2, 0.25) is 0 Å². The van der Waals surface area contributed by atoms with Gasteiger partial charge in [-0.05, 0) is 50.6 Å². The van der Waals surface area contributed by atoms with Gasteiger partial charge in [0.25, 0.3) is 0 Å². The van der Waals surface area contributed by atoms with E-state index < -0.39 is 0 Å². The Labute approximate surface area is 119 Å². The molecule has 1 heterocycles. The number of hydrogen-bond donors (Lipinski definition) is 2. The van der Waals surface area contributed by atoms with Gasteiger partial charge in [-0.3, -0.25) is 0 Å². The highest BCUT2D eigenvalue weighted by molar-refractivity contribution is 4.81. The van der Waals surface area contributed by atoms with Gasteiger partial charge in [0.05, 0.1) is 6.10 Å². The van der Waals surface area contributed by atoms with Gasteiger partial charge >= 0.3 is 0 Å². The number of aliphatic hydroxyl groups excluding tert-OH is 1. The molecule has 0 radical (unpaired) electrons. The second-order valence-corrected chi connectivity index (χ2v) is 7.57. The van der Waals surface area contributed by atoms with E-state index in [9.17, 15) is 5.11 Å². The van der Waals surface area contributed by atoms with Crippen molar-refractivity contribution in [2.24, 2.45) is 11.3 Å². The van der Waals surface area contributed by atoms with Crippen LogP contribution in [0.2, 0.25) is 0 Å². The largest absolute Gasteiger partial charge is 0.393 e. The van der Waals surface area contributed by atoms with Crippen LogP contribution in [0.1, 0.15) is 53.9 Å². The molecule has 2 N–H and O–H groups in total. The minimum Gasteiger partial charge on any atom is -0.393 e. The number of nitrogens with one attached hydrogen (secondary N) is 1. The minimum atomic E-state index is -0.204. The smallest absolute Gasteiger partial charge is 0.0517 e. The van der Waals surface area contributed by atoms with Crippen LogP contribution in [-0.2, 0) is 0 Å². The fourth-order valence-corrected chi connectivity index (χ4v) is 3.13. The van der Waals surface area contributed by atoms with Crippen LogP contribution in [0.15, 0.2) is 0 Å². The van der Waals surface area contributed by atoms with Gasteiger partial charge in [0.15, 0.2) is 0 Å². The van der Waals surface area contributed by atoms with Crippen LogP contribution < -0.4 is 5.32 Å². The van der Waals surface area contributed by atoms with Crippen molar-refractivity contribution in [2.45, 2.75) is 66.0 Å². The SMILES string of the molecule is CC(C)CN1CCC(NCC(C)(C)CC(C)O)CC1. The molecule has 0 spiro atoms. The van der Waals surface area contributed by atoms with E-state index in [-0.39, 0.29) is 11.5 Å². The van der Waals surface area contributed by atoms with Gasteiger partial charge in [0, 0.05) is 19.1 Å². The Morgan fingerprint density at radius 3 is 2.26 bits per heavy atom. The molecule has 3 nitrogen and oxygen atoms in total. The van der Waals surface area contributed by atoms with E-state index >= 15 is 0 Å². The molecule has 0 bridgehead atoms. The van der Waals surface area contributed by atoms with E-state index in [0.29, 0.717) is 6.04 Å². The standard InChI is InChI=1S/C16H34N2O/c1-13(2)11-18-8-6-15(7-9-18)17-12-16(4,5)10-14(3)19/h13-15,17,19H,6-12H2,1-5H3. The van der Waals surface area contributed by atoms with Crippen molar-refractivity contribution in [2.75, 3.05) is 26.2 Å². The van der Waals surface area contributed by atoms with Gasteiger partial charge < -0.3 is 15.3 Å². The summed E-state index contributed by atoms with van der Waals surface area (Å²) in [6, 6.07) is 0.664. The third-order valence-electron chi connectivity index (χ3n) is 3.93. The predicted molar refractivity (Wildman–Crippen MR) is 82.4 cm³/mol. The second kappa shape index (κ2) is 7.61. The van der Waals surface area contributed by atoms with E-state index in [1.165, 1.54) is 32.5 Å². The lowest BCUT2D eigenvalue weighted by molar-refractivity contribution is 0.120. The molecule has 1 unspecified atom stereocenters. The quantitative estimate of drug-likeness (QED) is 0.746. The summed E-state index contributed by atoms with van der Waals surface area (Å²) in [6.07, 6.45) is 3.19. The van der Waals surface area contributed by atoms with Gasteiger partial charge in [-0.2, -0.15) is 0 Å². The molecule has 1 aliphatic heterocycles. The highest BCUT2D eigenvalue weighted by atomic mass is 16.3. The molecule has 114 valence electrons. The monoisotopic (exact) mass is 270 g/mol. The van der Waals surface area contributed by atoms with Crippen LogP contribution in [0.3, 0.4) is 0 Å².